The quantitative estimate of drug-likeness (QED) is 0.656. The van der Waals surface area contributed by atoms with Crippen molar-refractivity contribution in [1.82, 2.24) is 5.32 Å². The van der Waals surface area contributed by atoms with Crippen LogP contribution in [0.25, 0.3) is 0 Å². The van der Waals surface area contributed by atoms with E-state index in [0.29, 0.717) is 0 Å². The summed E-state index contributed by atoms with van der Waals surface area (Å²) in [6.07, 6.45) is 2.83. The second kappa shape index (κ2) is 3.57. The Hall–Kier alpha value is -0.0400. The van der Waals surface area contributed by atoms with Gasteiger partial charge >= 0.3 is 0 Å². The second-order valence-electron chi connectivity index (χ2n) is 4.35. The Kier molecular flexibility index (Phi) is 2.94. The molecule has 1 fully saturated rings. The van der Waals surface area contributed by atoms with Gasteiger partial charge in [0.25, 0.3) is 0 Å². The summed E-state index contributed by atoms with van der Waals surface area (Å²) in [5.74, 6) is 2.74. The first-order chi connectivity index (χ1) is 5.15. The van der Waals surface area contributed by atoms with Gasteiger partial charge < -0.3 is 5.32 Å². The highest BCUT2D eigenvalue weighted by Crippen LogP contribution is 2.37. The van der Waals surface area contributed by atoms with Crippen LogP contribution in [-0.2, 0) is 0 Å². The molecule has 0 aliphatic heterocycles. The molecule has 1 nitrogen and oxygen atoms in total. The van der Waals surface area contributed by atoms with Crippen LogP contribution in [-0.4, -0.2) is 13.1 Å². The molecule has 0 spiro atoms. The average molecular weight is 155 g/mol. The molecule has 1 aliphatic carbocycles. The lowest BCUT2D eigenvalue weighted by Crippen LogP contribution is -2.13. The molecule has 1 rings (SSSR count). The maximum atomic E-state index is 3.33. The minimum absolute atomic E-state index is 0.844. The summed E-state index contributed by atoms with van der Waals surface area (Å²) < 4.78 is 0. The van der Waals surface area contributed by atoms with Crippen molar-refractivity contribution in [2.45, 2.75) is 39.7 Å². The van der Waals surface area contributed by atoms with Gasteiger partial charge in [0.15, 0.2) is 0 Å². The van der Waals surface area contributed by atoms with Gasteiger partial charge in [-0.05, 0) is 37.6 Å². The standard InChI is InChI=1S/C10H21N/c1-7(2)8(3)5-9-6-10(9)11-4/h7-11H,5-6H2,1-4H3. The molecule has 1 N–H and O–H groups in total. The van der Waals surface area contributed by atoms with Crippen molar-refractivity contribution in [3.63, 3.8) is 0 Å². The molecule has 0 aromatic heterocycles. The summed E-state index contributed by atoms with van der Waals surface area (Å²) in [6.45, 7) is 7.01. The molecule has 0 radical (unpaired) electrons. The lowest BCUT2D eigenvalue weighted by atomic mass is 9.92. The molecule has 3 atom stereocenters. The molecular formula is C10H21N. The highest BCUT2D eigenvalue weighted by atomic mass is 14.9. The van der Waals surface area contributed by atoms with Crippen LogP contribution in [0.15, 0.2) is 0 Å². The van der Waals surface area contributed by atoms with E-state index in [-0.39, 0.29) is 0 Å². The van der Waals surface area contributed by atoms with E-state index >= 15 is 0 Å². The molecule has 0 amide bonds. The van der Waals surface area contributed by atoms with Gasteiger partial charge in [0.1, 0.15) is 0 Å². The average Bonchev–Trinajstić information content (AvgIpc) is 2.67. The molecule has 1 aliphatic rings. The van der Waals surface area contributed by atoms with E-state index in [4.69, 9.17) is 0 Å². The Morgan fingerprint density at radius 3 is 2.36 bits per heavy atom. The van der Waals surface area contributed by atoms with Gasteiger partial charge in [-0.2, -0.15) is 0 Å². The number of nitrogens with one attached hydrogen (secondary N) is 1. The molecular weight excluding hydrogens is 134 g/mol. The second-order valence-corrected chi connectivity index (χ2v) is 4.35. The van der Waals surface area contributed by atoms with Gasteiger partial charge in [0.2, 0.25) is 0 Å². The van der Waals surface area contributed by atoms with Crippen molar-refractivity contribution in [3.8, 4) is 0 Å². The van der Waals surface area contributed by atoms with E-state index in [2.05, 4.69) is 33.1 Å². The van der Waals surface area contributed by atoms with Gasteiger partial charge in [0.05, 0.1) is 0 Å². The van der Waals surface area contributed by atoms with Crippen molar-refractivity contribution >= 4 is 0 Å². The first-order valence-electron chi connectivity index (χ1n) is 4.82. The Balaban J connectivity index is 2.13. The van der Waals surface area contributed by atoms with Crippen molar-refractivity contribution in [3.05, 3.63) is 0 Å². The summed E-state index contributed by atoms with van der Waals surface area (Å²) in [7, 11) is 2.07. The van der Waals surface area contributed by atoms with E-state index in [1.165, 1.54) is 12.8 Å². The monoisotopic (exact) mass is 155 g/mol. The highest BCUT2D eigenvalue weighted by molar-refractivity contribution is 4.92. The summed E-state index contributed by atoms with van der Waals surface area (Å²) in [4.78, 5) is 0. The molecule has 0 saturated heterocycles. The van der Waals surface area contributed by atoms with Crippen LogP contribution in [0.3, 0.4) is 0 Å². The number of hydrogen-bond acceptors (Lipinski definition) is 1. The van der Waals surface area contributed by atoms with E-state index in [0.717, 1.165) is 23.8 Å². The zero-order valence-corrected chi connectivity index (χ0v) is 8.22. The van der Waals surface area contributed by atoms with Crippen molar-refractivity contribution in [2.75, 3.05) is 7.05 Å². The van der Waals surface area contributed by atoms with Crippen molar-refractivity contribution in [1.29, 1.82) is 0 Å². The van der Waals surface area contributed by atoms with Crippen LogP contribution in [0.2, 0.25) is 0 Å². The predicted molar refractivity (Wildman–Crippen MR) is 49.6 cm³/mol. The molecule has 1 saturated carbocycles. The molecule has 1 heteroatoms. The van der Waals surface area contributed by atoms with Crippen LogP contribution >= 0.6 is 0 Å². The van der Waals surface area contributed by atoms with Crippen LogP contribution < -0.4 is 5.32 Å². The third kappa shape index (κ3) is 2.48. The fourth-order valence-electron chi connectivity index (χ4n) is 1.61. The summed E-state index contributed by atoms with van der Waals surface area (Å²) in [5, 5.41) is 3.33. The van der Waals surface area contributed by atoms with E-state index < -0.39 is 0 Å². The number of rotatable bonds is 4. The molecule has 0 bridgehead atoms. The SMILES string of the molecule is CNC1CC1CC(C)C(C)C. The minimum atomic E-state index is 0.844. The van der Waals surface area contributed by atoms with Gasteiger partial charge in [-0.3, -0.25) is 0 Å². The molecule has 0 heterocycles. The Bertz CT molecular complexity index is 120. The maximum absolute atomic E-state index is 3.33. The molecule has 66 valence electrons. The van der Waals surface area contributed by atoms with Crippen LogP contribution in [0.4, 0.5) is 0 Å². The Morgan fingerprint density at radius 1 is 1.36 bits per heavy atom. The molecule has 3 unspecified atom stereocenters. The molecule has 0 aromatic rings. The fourth-order valence-corrected chi connectivity index (χ4v) is 1.61. The lowest BCUT2D eigenvalue weighted by Gasteiger charge is -2.14. The van der Waals surface area contributed by atoms with Crippen molar-refractivity contribution < 1.29 is 0 Å². The third-order valence-corrected chi connectivity index (χ3v) is 3.11. The van der Waals surface area contributed by atoms with Gasteiger partial charge in [-0.15, -0.1) is 0 Å². The van der Waals surface area contributed by atoms with E-state index in [9.17, 15) is 0 Å². The largest absolute Gasteiger partial charge is 0.317 e. The van der Waals surface area contributed by atoms with E-state index in [1.54, 1.807) is 0 Å². The van der Waals surface area contributed by atoms with Gasteiger partial charge in [0, 0.05) is 6.04 Å². The molecule has 11 heavy (non-hydrogen) atoms. The van der Waals surface area contributed by atoms with Gasteiger partial charge in [-0.25, -0.2) is 0 Å². The summed E-state index contributed by atoms with van der Waals surface area (Å²) >= 11 is 0. The first-order valence-corrected chi connectivity index (χ1v) is 4.82. The topological polar surface area (TPSA) is 12.0 Å². The summed E-state index contributed by atoms with van der Waals surface area (Å²) in [5.41, 5.74) is 0. The smallest absolute Gasteiger partial charge is 0.00962 e. The number of hydrogen-bond donors (Lipinski definition) is 1. The van der Waals surface area contributed by atoms with Crippen LogP contribution in [0.1, 0.15) is 33.6 Å². The Labute approximate surface area is 70.6 Å². The zero-order valence-electron chi connectivity index (χ0n) is 8.22. The van der Waals surface area contributed by atoms with Crippen molar-refractivity contribution in [2.24, 2.45) is 17.8 Å². The van der Waals surface area contributed by atoms with Gasteiger partial charge in [-0.1, -0.05) is 20.8 Å². The maximum Gasteiger partial charge on any atom is 0.00962 e. The highest BCUT2D eigenvalue weighted by Gasteiger charge is 2.36. The first kappa shape index (κ1) is 9.05. The minimum Gasteiger partial charge on any atom is -0.317 e. The third-order valence-electron chi connectivity index (χ3n) is 3.11. The fraction of sp³-hybridized carbons (Fsp3) is 1.00. The molecule has 0 aromatic carbocycles. The predicted octanol–water partition coefficient (Wildman–Crippen LogP) is 2.28. The van der Waals surface area contributed by atoms with Crippen LogP contribution in [0.5, 0.6) is 0 Å². The van der Waals surface area contributed by atoms with E-state index in [1.807, 2.05) is 0 Å². The van der Waals surface area contributed by atoms with Crippen LogP contribution in [0, 0.1) is 17.8 Å². The normalized spacial score (nSPS) is 32.5. The lowest BCUT2D eigenvalue weighted by molar-refractivity contribution is 0.367. The zero-order chi connectivity index (χ0) is 8.43. The summed E-state index contributed by atoms with van der Waals surface area (Å²) in [6, 6.07) is 0.844. The Morgan fingerprint density at radius 2 is 2.00 bits per heavy atom.